The molecular formula is C15H17N3OS. The van der Waals surface area contributed by atoms with Gasteiger partial charge in [-0.05, 0) is 29.9 Å². The molecule has 0 radical (unpaired) electrons. The Morgan fingerprint density at radius 2 is 2.15 bits per heavy atom. The molecule has 0 saturated carbocycles. The first-order chi connectivity index (χ1) is 9.79. The topological polar surface area (TPSA) is 57.8 Å². The Kier molecular flexibility index (Phi) is 3.78. The van der Waals surface area contributed by atoms with E-state index in [1.54, 1.807) is 0 Å². The summed E-state index contributed by atoms with van der Waals surface area (Å²) < 4.78 is 0. The summed E-state index contributed by atoms with van der Waals surface area (Å²) in [5, 5.41) is 10.2. The third-order valence-electron chi connectivity index (χ3n) is 3.63. The minimum absolute atomic E-state index is 0.0646. The second-order valence-electron chi connectivity index (χ2n) is 4.96. The highest BCUT2D eigenvalue weighted by Gasteiger charge is 2.30. The van der Waals surface area contributed by atoms with Crippen LogP contribution in [0.4, 0.5) is 5.82 Å². The van der Waals surface area contributed by atoms with E-state index in [0.29, 0.717) is 12.2 Å². The molecule has 1 aliphatic rings. The highest BCUT2D eigenvalue weighted by Crippen LogP contribution is 2.39. The maximum atomic E-state index is 11.8. The van der Waals surface area contributed by atoms with Crippen LogP contribution in [0.25, 0.3) is 11.3 Å². The molecule has 0 fully saturated rings. The lowest BCUT2D eigenvalue weighted by Crippen LogP contribution is -2.23. The number of nitrogens with one attached hydrogen (secondary N) is 2. The summed E-state index contributed by atoms with van der Waals surface area (Å²) in [7, 11) is 0. The lowest BCUT2D eigenvalue weighted by Gasteiger charge is -2.22. The molecule has 104 valence electrons. The number of aromatic nitrogens is 2. The molecule has 2 heterocycles. The third-order valence-corrected chi connectivity index (χ3v) is 4.28. The van der Waals surface area contributed by atoms with Gasteiger partial charge in [0, 0.05) is 12.0 Å². The quantitative estimate of drug-likeness (QED) is 0.907. The summed E-state index contributed by atoms with van der Waals surface area (Å²) in [4.78, 5) is 11.8. The zero-order valence-corrected chi connectivity index (χ0v) is 12.2. The second kappa shape index (κ2) is 5.71. The van der Waals surface area contributed by atoms with Crippen molar-refractivity contribution in [2.45, 2.75) is 18.8 Å². The number of rotatable bonds is 4. The molecule has 4 nitrogen and oxygen atoms in total. The average Bonchev–Trinajstić information content (AvgIpc) is 2.89. The Morgan fingerprint density at radius 3 is 2.90 bits per heavy atom. The van der Waals surface area contributed by atoms with Gasteiger partial charge in [-0.25, -0.2) is 0 Å². The van der Waals surface area contributed by atoms with E-state index in [2.05, 4.69) is 33.9 Å². The molecular weight excluding hydrogens is 270 g/mol. The van der Waals surface area contributed by atoms with Crippen molar-refractivity contribution in [1.29, 1.82) is 0 Å². The number of anilines is 1. The monoisotopic (exact) mass is 287 g/mol. The first kappa shape index (κ1) is 13.2. The Hall–Kier alpha value is -1.75. The number of carbonyl (C=O) groups is 1. The van der Waals surface area contributed by atoms with Crippen LogP contribution >= 0.6 is 11.8 Å². The zero-order valence-electron chi connectivity index (χ0n) is 11.3. The summed E-state index contributed by atoms with van der Waals surface area (Å²) >= 11 is 1.81. The normalized spacial score (nSPS) is 17.6. The van der Waals surface area contributed by atoms with E-state index < -0.39 is 0 Å². The molecule has 0 aliphatic carbocycles. The van der Waals surface area contributed by atoms with E-state index in [9.17, 15) is 4.79 Å². The Labute approximate surface area is 122 Å². The number of hydrogen-bond acceptors (Lipinski definition) is 3. The van der Waals surface area contributed by atoms with Gasteiger partial charge in [-0.15, -0.1) is 0 Å². The van der Waals surface area contributed by atoms with Gasteiger partial charge in [-0.2, -0.15) is 16.9 Å². The van der Waals surface area contributed by atoms with Gasteiger partial charge in [0.15, 0.2) is 5.82 Å². The van der Waals surface area contributed by atoms with E-state index in [1.807, 2.05) is 30.0 Å². The van der Waals surface area contributed by atoms with Crippen LogP contribution in [0.2, 0.25) is 0 Å². The number of benzene rings is 1. The van der Waals surface area contributed by atoms with Crippen molar-refractivity contribution in [2.24, 2.45) is 0 Å². The molecule has 3 rings (SSSR count). The Bertz CT molecular complexity index is 609. The van der Waals surface area contributed by atoms with Crippen LogP contribution in [0.3, 0.4) is 0 Å². The molecule has 1 amide bonds. The second-order valence-corrected chi connectivity index (χ2v) is 5.94. The predicted molar refractivity (Wildman–Crippen MR) is 83.0 cm³/mol. The van der Waals surface area contributed by atoms with Crippen molar-refractivity contribution in [3.63, 3.8) is 0 Å². The summed E-state index contributed by atoms with van der Waals surface area (Å²) in [5.74, 6) is 2.07. The first-order valence-corrected chi connectivity index (χ1v) is 8.11. The molecule has 20 heavy (non-hydrogen) atoms. The van der Waals surface area contributed by atoms with Crippen LogP contribution in [0.1, 0.15) is 24.3 Å². The van der Waals surface area contributed by atoms with Crippen LogP contribution in [0, 0.1) is 0 Å². The molecule has 1 aliphatic heterocycles. The van der Waals surface area contributed by atoms with Crippen LogP contribution in [0.15, 0.2) is 30.3 Å². The van der Waals surface area contributed by atoms with Gasteiger partial charge in [-0.1, -0.05) is 30.3 Å². The number of hydrogen-bond donors (Lipinski definition) is 2. The predicted octanol–water partition coefficient (Wildman–Crippen LogP) is 3.26. The van der Waals surface area contributed by atoms with Crippen molar-refractivity contribution < 1.29 is 4.79 Å². The van der Waals surface area contributed by atoms with Crippen molar-refractivity contribution in [3.8, 4) is 11.3 Å². The summed E-state index contributed by atoms with van der Waals surface area (Å²) in [6.45, 7) is 0. The highest BCUT2D eigenvalue weighted by atomic mass is 32.2. The average molecular weight is 287 g/mol. The standard InChI is InChI=1S/C15H17N3OS/c1-20-8-7-11-9-12(19)16-15-13(11)14(17-18-15)10-5-3-2-4-6-10/h2-6,11H,7-9H2,1H3,(H2,16,17,18,19). The number of fused-ring (bicyclic) bond motifs is 1. The largest absolute Gasteiger partial charge is 0.309 e. The molecule has 2 N–H and O–H groups in total. The highest BCUT2D eigenvalue weighted by molar-refractivity contribution is 7.98. The molecule has 1 atom stereocenters. The Morgan fingerprint density at radius 1 is 1.35 bits per heavy atom. The SMILES string of the molecule is CSCCC1CC(=O)Nc2n[nH]c(-c3ccccc3)c21. The lowest BCUT2D eigenvalue weighted by atomic mass is 9.88. The van der Waals surface area contributed by atoms with Crippen molar-refractivity contribution in [2.75, 3.05) is 17.3 Å². The van der Waals surface area contributed by atoms with E-state index in [1.165, 1.54) is 0 Å². The zero-order chi connectivity index (χ0) is 13.9. The minimum Gasteiger partial charge on any atom is -0.309 e. The number of H-pyrrole nitrogens is 1. The summed E-state index contributed by atoms with van der Waals surface area (Å²) in [6.07, 6.45) is 3.64. The van der Waals surface area contributed by atoms with Crippen molar-refractivity contribution in [1.82, 2.24) is 10.2 Å². The van der Waals surface area contributed by atoms with Gasteiger partial charge >= 0.3 is 0 Å². The van der Waals surface area contributed by atoms with Crippen LogP contribution < -0.4 is 5.32 Å². The number of thioether (sulfide) groups is 1. The van der Waals surface area contributed by atoms with Gasteiger partial charge in [0.25, 0.3) is 0 Å². The smallest absolute Gasteiger partial charge is 0.226 e. The van der Waals surface area contributed by atoms with E-state index in [0.717, 1.165) is 29.0 Å². The molecule has 0 bridgehead atoms. The number of nitrogens with zero attached hydrogens (tertiary/aromatic N) is 1. The molecule has 1 aromatic carbocycles. The van der Waals surface area contributed by atoms with Gasteiger partial charge < -0.3 is 5.32 Å². The Balaban J connectivity index is 2.01. The molecule has 1 aromatic heterocycles. The fourth-order valence-corrected chi connectivity index (χ4v) is 3.20. The van der Waals surface area contributed by atoms with Crippen LogP contribution in [-0.4, -0.2) is 28.1 Å². The molecule has 0 saturated heterocycles. The molecule has 1 unspecified atom stereocenters. The minimum atomic E-state index is 0.0646. The summed E-state index contributed by atoms with van der Waals surface area (Å²) in [6, 6.07) is 10.2. The van der Waals surface area contributed by atoms with Crippen LogP contribution in [-0.2, 0) is 4.79 Å². The molecule has 5 heteroatoms. The van der Waals surface area contributed by atoms with Crippen molar-refractivity contribution >= 4 is 23.5 Å². The maximum absolute atomic E-state index is 11.8. The van der Waals surface area contributed by atoms with Crippen molar-refractivity contribution in [3.05, 3.63) is 35.9 Å². The fourth-order valence-electron chi connectivity index (χ4n) is 2.68. The maximum Gasteiger partial charge on any atom is 0.226 e. The fraction of sp³-hybridized carbons (Fsp3) is 0.333. The van der Waals surface area contributed by atoms with Gasteiger partial charge in [0.1, 0.15) is 0 Å². The van der Waals surface area contributed by atoms with E-state index >= 15 is 0 Å². The number of aromatic amines is 1. The van der Waals surface area contributed by atoms with E-state index in [4.69, 9.17) is 0 Å². The lowest BCUT2D eigenvalue weighted by molar-refractivity contribution is -0.116. The van der Waals surface area contributed by atoms with E-state index in [-0.39, 0.29) is 11.8 Å². The van der Waals surface area contributed by atoms with Crippen LogP contribution in [0.5, 0.6) is 0 Å². The number of carbonyl (C=O) groups excluding carboxylic acids is 1. The van der Waals surface area contributed by atoms with Gasteiger partial charge in [-0.3, -0.25) is 9.89 Å². The number of amides is 1. The summed E-state index contributed by atoms with van der Waals surface area (Å²) in [5.41, 5.74) is 3.31. The molecule has 2 aromatic rings. The molecule has 0 spiro atoms. The van der Waals surface area contributed by atoms with Gasteiger partial charge in [0.05, 0.1) is 5.69 Å². The third kappa shape index (κ3) is 2.45. The van der Waals surface area contributed by atoms with Gasteiger partial charge in [0.2, 0.25) is 5.91 Å². The first-order valence-electron chi connectivity index (χ1n) is 6.72.